The van der Waals surface area contributed by atoms with E-state index in [4.69, 9.17) is 9.47 Å². The summed E-state index contributed by atoms with van der Waals surface area (Å²) in [5.74, 6) is 0.890. The van der Waals surface area contributed by atoms with E-state index in [1.807, 2.05) is 25.8 Å². The zero-order valence-corrected chi connectivity index (χ0v) is 15.0. The molecule has 0 saturated carbocycles. The van der Waals surface area contributed by atoms with Crippen molar-refractivity contribution >= 4 is 5.91 Å². The van der Waals surface area contributed by atoms with Gasteiger partial charge in [0.15, 0.2) is 0 Å². The molecular formula is C17H23N5O3. The van der Waals surface area contributed by atoms with Gasteiger partial charge in [0.2, 0.25) is 11.8 Å². The highest BCUT2D eigenvalue weighted by Gasteiger charge is 2.29. The molecule has 1 aliphatic heterocycles. The summed E-state index contributed by atoms with van der Waals surface area (Å²) < 4.78 is 12.6. The van der Waals surface area contributed by atoms with Gasteiger partial charge in [0.05, 0.1) is 24.9 Å². The van der Waals surface area contributed by atoms with Crippen LogP contribution in [0, 0.1) is 13.8 Å². The minimum Gasteiger partial charge on any atom is -0.480 e. The van der Waals surface area contributed by atoms with Gasteiger partial charge in [0, 0.05) is 31.4 Å². The summed E-state index contributed by atoms with van der Waals surface area (Å²) in [5.41, 5.74) is 2.33. The molecule has 2 aromatic rings. The Morgan fingerprint density at radius 3 is 2.56 bits per heavy atom. The molecule has 0 radical (unpaired) electrons. The lowest BCUT2D eigenvalue weighted by Gasteiger charge is -2.32. The monoisotopic (exact) mass is 345 g/mol. The van der Waals surface area contributed by atoms with Crippen molar-refractivity contribution < 1.29 is 14.3 Å². The van der Waals surface area contributed by atoms with Gasteiger partial charge in [-0.1, -0.05) is 0 Å². The maximum Gasteiger partial charge on any atom is 0.257 e. The fourth-order valence-electron chi connectivity index (χ4n) is 3.11. The van der Waals surface area contributed by atoms with E-state index in [0.717, 1.165) is 30.8 Å². The lowest BCUT2D eigenvalue weighted by molar-refractivity contribution is 0.0523. The molecule has 1 aliphatic rings. The van der Waals surface area contributed by atoms with Crippen LogP contribution < -0.4 is 9.47 Å². The summed E-state index contributed by atoms with van der Waals surface area (Å²) in [6, 6.07) is 3.43. The number of carbonyl (C=O) groups excluding carboxylic acids is 1. The second-order valence-electron chi connectivity index (χ2n) is 6.22. The molecule has 3 rings (SSSR count). The van der Waals surface area contributed by atoms with Crippen molar-refractivity contribution in [3.63, 3.8) is 0 Å². The van der Waals surface area contributed by atoms with Crippen LogP contribution in [0.3, 0.4) is 0 Å². The average Bonchev–Trinajstić information content (AvgIpc) is 2.87. The summed E-state index contributed by atoms with van der Waals surface area (Å²) in [7, 11) is 3.39. The number of ether oxygens (including phenoxy) is 2. The number of likely N-dealkylation sites (tertiary alicyclic amines) is 1. The van der Waals surface area contributed by atoms with Gasteiger partial charge >= 0.3 is 0 Å². The van der Waals surface area contributed by atoms with Crippen LogP contribution in [-0.4, -0.2) is 57.1 Å². The number of amides is 1. The van der Waals surface area contributed by atoms with Gasteiger partial charge in [-0.3, -0.25) is 9.48 Å². The molecule has 0 aromatic carbocycles. The van der Waals surface area contributed by atoms with E-state index in [1.165, 1.54) is 7.11 Å². The third kappa shape index (κ3) is 3.57. The second kappa shape index (κ2) is 7.08. The third-order valence-electron chi connectivity index (χ3n) is 4.50. The fourth-order valence-corrected chi connectivity index (χ4v) is 3.11. The molecule has 2 aromatic heterocycles. The van der Waals surface area contributed by atoms with Crippen molar-refractivity contribution in [2.75, 3.05) is 20.2 Å². The van der Waals surface area contributed by atoms with E-state index in [2.05, 4.69) is 15.3 Å². The van der Waals surface area contributed by atoms with E-state index >= 15 is 0 Å². The predicted octanol–water partition coefficient (Wildman–Crippen LogP) is 1.52. The van der Waals surface area contributed by atoms with Gasteiger partial charge in [-0.05, 0) is 26.7 Å². The first-order valence-corrected chi connectivity index (χ1v) is 8.33. The van der Waals surface area contributed by atoms with Gasteiger partial charge in [-0.15, -0.1) is 10.2 Å². The molecule has 25 heavy (non-hydrogen) atoms. The highest BCUT2D eigenvalue weighted by Crippen LogP contribution is 2.21. The second-order valence-corrected chi connectivity index (χ2v) is 6.22. The molecule has 1 saturated heterocycles. The molecule has 1 unspecified atom stereocenters. The quantitative estimate of drug-likeness (QED) is 0.835. The Kier molecular flexibility index (Phi) is 4.87. The third-order valence-corrected chi connectivity index (χ3v) is 4.50. The van der Waals surface area contributed by atoms with E-state index in [0.29, 0.717) is 23.9 Å². The Labute approximate surface area is 146 Å². The fraction of sp³-hybridized carbons (Fsp3) is 0.529. The maximum atomic E-state index is 12.9. The van der Waals surface area contributed by atoms with Crippen LogP contribution in [0.2, 0.25) is 0 Å². The first-order valence-electron chi connectivity index (χ1n) is 8.33. The van der Waals surface area contributed by atoms with Gasteiger partial charge in [-0.2, -0.15) is 5.10 Å². The minimum absolute atomic E-state index is 0.0113. The van der Waals surface area contributed by atoms with E-state index in [1.54, 1.807) is 16.8 Å². The normalized spacial score (nSPS) is 17.4. The van der Waals surface area contributed by atoms with E-state index in [9.17, 15) is 4.79 Å². The minimum atomic E-state index is -0.0994. The Morgan fingerprint density at radius 1 is 1.24 bits per heavy atom. The molecule has 0 N–H and O–H groups in total. The Bertz CT molecular complexity index is 756. The number of piperidine rings is 1. The predicted molar refractivity (Wildman–Crippen MR) is 90.8 cm³/mol. The molecule has 3 heterocycles. The number of rotatable bonds is 4. The van der Waals surface area contributed by atoms with Crippen LogP contribution in [0.4, 0.5) is 0 Å². The highest BCUT2D eigenvalue weighted by molar-refractivity contribution is 5.96. The number of nitrogens with zero attached hydrogens (tertiary/aromatic N) is 5. The molecule has 1 fully saturated rings. The maximum absolute atomic E-state index is 12.9. The smallest absolute Gasteiger partial charge is 0.257 e. The SMILES string of the molecule is COc1ccc(OC2CCCN(C(=O)c3c(C)nn(C)c3C)C2)nn1. The van der Waals surface area contributed by atoms with E-state index < -0.39 is 0 Å². The summed E-state index contributed by atoms with van der Waals surface area (Å²) in [6.07, 6.45) is 1.67. The molecule has 1 atom stereocenters. The molecule has 1 amide bonds. The number of aryl methyl sites for hydroxylation is 2. The van der Waals surface area contributed by atoms with Crippen LogP contribution >= 0.6 is 0 Å². The number of hydrogen-bond donors (Lipinski definition) is 0. The lowest BCUT2D eigenvalue weighted by atomic mass is 10.1. The van der Waals surface area contributed by atoms with Crippen molar-refractivity contribution in [1.29, 1.82) is 0 Å². The Balaban J connectivity index is 1.69. The molecule has 0 aliphatic carbocycles. The standard InChI is InChI=1S/C17H23N5O3/c1-11-16(12(2)21(3)20-11)17(23)22-9-5-6-13(10-22)25-15-8-7-14(24-4)18-19-15/h7-8,13H,5-6,9-10H2,1-4H3. The summed E-state index contributed by atoms with van der Waals surface area (Å²) >= 11 is 0. The first-order chi connectivity index (χ1) is 12.0. The van der Waals surface area contributed by atoms with Crippen molar-refractivity contribution in [3.8, 4) is 11.8 Å². The lowest BCUT2D eigenvalue weighted by Crippen LogP contribution is -2.44. The summed E-state index contributed by atoms with van der Waals surface area (Å²) in [4.78, 5) is 14.7. The Morgan fingerprint density at radius 2 is 1.96 bits per heavy atom. The summed E-state index contributed by atoms with van der Waals surface area (Å²) in [6.45, 7) is 5.03. The van der Waals surface area contributed by atoms with Crippen LogP contribution in [-0.2, 0) is 7.05 Å². The highest BCUT2D eigenvalue weighted by atomic mass is 16.5. The molecular weight excluding hydrogens is 322 g/mol. The Hall–Kier alpha value is -2.64. The van der Waals surface area contributed by atoms with Crippen LogP contribution in [0.15, 0.2) is 12.1 Å². The molecule has 8 nitrogen and oxygen atoms in total. The molecule has 0 spiro atoms. The zero-order valence-electron chi connectivity index (χ0n) is 15.0. The average molecular weight is 345 g/mol. The largest absolute Gasteiger partial charge is 0.480 e. The first kappa shape index (κ1) is 17.2. The van der Waals surface area contributed by atoms with Gasteiger partial charge in [-0.25, -0.2) is 0 Å². The van der Waals surface area contributed by atoms with Crippen LogP contribution in [0.25, 0.3) is 0 Å². The van der Waals surface area contributed by atoms with Gasteiger partial charge < -0.3 is 14.4 Å². The number of aromatic nitrogens is 4. The summed E-state index contributed by atoms with van der Waals surface area (Å²) in [5, 5.41) is 12.2. The van der Waals surface area contributed by atoms with Crippen LogP contribution in [0.1, 0.15) is 34.6 Å². The molecule has 0 bridgehead atoms. The van der Waals surface area contributed by atoms with Crippen molar-refractivity contribution in [1.82, 2.24) is 24.9 Å². The van der Waals surface area contributed by atoms with Crippen molar-refractivity contribution in [3.05, 3.63) is 29.1 Å². The number of methoxy groups -OCH3 is 1. The molecule has 8 heteroatoms. The zero-order chi connectivity index (χ0) is 18.0. The van der Waals surface area contributed by atoms with Gasteiger partial charge in [0.25, 0.3) is 5.91 Å². The molecule has 134 valence electrons. The van der Waals surface area contributed by atoms with Crippen molar-refractivity contribution in [2.45, 2.75) is 32.8 Å². The van der Waals surface area contributed by atoms with Gasteiger partial charge in [0.1, 0.15) is 6.10 Å². The van der Waals surface area contributed by atoms with Crippen molar-refractivity contribution in [2.24, 2.45) is 7.05 Å². The number of carbonyl (C=O) groups is 1. The van der Waals surface area contributed by atoms with E-state index in [-0.39, 0.29) is 12.0 Å². The number of hydrogen-bond acceptors (Lipinski definition) is 6. The van der Waals surface area contributed by atoms with Crippen LogP contribution in [0.5, 0.6) is 11.8 Å². The topological polar surface area (TPSA) is 82.4 Å².